The number of carbonyl (C=O) groups is 10. The minimum absolute atomic E-state index is 0.0108. The Morgan fingerprint density at radius 3 is 1.40 bits per heavy atom. The molecule has 0 heterocycles. The third kappa shape index (κ3) is 26.0. The molecule has 2 radical (unpaired) electrons. The maximum Gasteiger partial charge on any atom is 0.306 e. The molecular formula is C39H63BN3O11P. The summed E-state index contributed by atoms with van der Waals surface area (Å²) in [5, 5.41) is 7.89. The summed E-state index contributed by atoms with van der Waals surface area (Å²) >= 11 is 0. The van der Waals surface area contributed by atoms with Gasteiger partial charge >= 0.3 is 5.97 Å². The summed E-state index contributed by atoms with van der Waals surface area (Å²) in [5.41, 5.74) is -0.960. The molecule has 0 spiro atoms. The van der Waals surface area contributed by atoms with E-state index in [1.54, 1.807) is 27.4 Å². The van der Waals surface area contributed by atoms with Crippen LogP contribution in [0.4, 0.5) is 0 Å². The second-order valence-corrected chi connectivity index (χ2v) is 17.6. The third-order valence-corrected chi connectivity index (χ3v) is 9.22. The van der Waals surface area contributed by atoms with Crippen molar-refractivity contribution in [3.8, 4) is 0 Å². The lowest BCUT2D eigenvalue weighted by Gasteiger charge is -2.21. The van der Waals surface area contributed by atoms with Gasteiger partial charge in [0.15, 0.2) is 17.3 Å². The van der Waals surface area contributed by atoms with Gasteiger partial charge in [-0.25, -0.2) is 0 Å². The van der Waals surface area contributed by atoms with Crippen molar-refractivity contribution in [1.29, 1.82) is 0 Å². The molecule has 16 heteroatoms. The van der Waals surface area contributed by atoms with E-state index in [0.29, 0.717) is 12.8 Å². The fourth-order valence-corrected chi connectivity index (χ4v) is 5.82. The van der Waals surface area contributed by atoms with Gasteiger partial charge in [-0.15, -0.1) is 0 Å². The molecule has 4 atom stereocenters. The Hall–Kier alpha value is -3.61. The van der Waals surface area contributed by atoms with Gasteiger partial charge in [0, 0.05) is 64.2 Å². The van der Waals surface area contributed by atoms with Crippen LogP contribution >= 0.6 is 7.80 Å². The fraction of sp³-hybridized carbons (Fsp3) is 0.744. The zero-order valence-corrected chi connectivity index (χ0v) is 35.2. The molecular weight excluding hydrogens is 728 g/mol. The van der Waals surface area contributed by atoms with Crippen molar-refractivity contribution in [2.24, 2.45) is 11.8 Å². The summed E-state index contributed by atoms with van der Waals surface area (Å²) in [6.07, 6.45) is -1.27. The Kier molecular flexibility index (Phi) is 24.6. The lowest BCUT2D eigenvalue weighted by Crippen LogP contribution is -2.43. The highest BCUT2D eigenvalue weighted by atomic mass is 31.1. The number of Topliss-reactive ketones (excluding diaryl/α,β-unsaturated/α-hetero) is 5. The van der Waals surface area contributed by atoms with Gasteiger partial charge in [-0.2, -0.15) is 0 Å². The number of hydrogen-bond donors (Lipinski definition) is 3. The lowest BCUT2D eigenvalue weighted by molar-refractivity contribution is -0.155. The standard InChI is InChI=1S/C39H63BN3O11P/c1-24(2)22-29(32(47)14-10-26(5)44)43-35(50)18-15-31(46)28(41-36(51)19-20-37(52)54-39(6,7)8)13-11-27(45)12-17-34(49)42-30(23-25(3)4)33(48)16-21-38(53)55(9)40/h24-25,28-30H,10-23H2,1-9H3,(H,41,51)(H,42,49)(H,43,50). The maximum atomic E-state index is 13.3. The number of carbonyl (C=O) groups excluding carboxylic acids is 10. The van der Waals surface area contributed by atoms with Gasteiger partial charge in [0.25, 0.3) is 0 Å². The lowest BCUT2D eigenvalue weighted by atomic mass is 9.96. The van der Waals surface area contributed by atoms with Gasteiger partial charge in [-0.3, -0.25) is 43.2 Å². The van der Waals surface area contributed by atoms with Crippen LogP contribution in [0.3, 0.4) is 0 Å². The van der Waals surface area contributed by atoms with E-state index >= 15 is 0 Å². The van der Waals surface area contributed by atoms with Crippen molar-refractivity contribution in [1.82, 2.24) is 16.0 Å². The topological polar surface area (TPSA) is 216 Å². The second kappa shape index (κ2) is 26.3. The molecule has 0 aliphatic carbocycles. The summed E-state index contributed by atoms with van der Waals surface area (Å²) < 4.78 is 5.23. The second-order valence-electron chi connectivity index (χ2n) is 15.9. The number of esters is 1. The number of hydrogen-bond acceptors (Lipinski definition) is 11. The smallest absolute Gasteiger partial charge is 0.306 e. The summed E-state index contributed by atoms with van der Waals surface area (Å²) in [7, 11) is 4.33. The molecule has 0 bridgehead atoms. The summed E-state index contributed by atoms with van der Waals surface area (Å²) in [6, 6.07) is -2.84. The molecule has 0 aliphatic rings. The number of ketones is 5. The minimum Gasteiger partial charge on any atom is -0.460 e. The number of ether oxygens (including phenoxy) is 1. The first kappa shape index (κ1) is 51.4. The molecule has 14 nitrogen and oxygen atoms in total. The van der Waals surface area contributed by atoms with E-state index in [4.69, 9.17) is 12.3 Å². The van der Waals surface area contributed by atoms with Crippen LogP contribution in [0.25, 0.3) is 0 Å². The number of nitrogens with one attached hydrogen (secondary N) is 3. The highest BCUT2D eigenvalue weighted by Crippen LogP contribution is 2.27. The predicted molar refractivity (Wildman–Crippen MR) is 210 cm³/mol. The minimum atomic E-state index is -1.32. The van der Waals surface area contributed by atoms with Crippen molar-refractivity contribution in [2.75, 3.05) is 6.66 Å². The number of amides is 3. The van der Waals surface area contributed by atoms with Crippen LogP contribution in [0.15, 0.2) is 0 Å². The van der Waals surface area contributed by atoms with E-state index in [0.717, 1.165) is 0 Å². The summed E-state index contributed by atoms with van der Waals surface area (Å²) in [4.78, 5) is 126. The van der Waals surface area contributed by atoms with E-state index in [2.05, 4.69) is 16.0 Å². The highest BCUT2D eigenvalue weighted by Gasteiger charge is 2.27. The molecule has 0 rings (SSSR count). The molecule has 55 heavy (non-hydrogen) atoms. The van der Waals surface area contributed by atoms with Crippen LogP contribution in [0.1, 0.15) is 145 Å². The first-order chi connectivity index (χ1) is 25.4. The van der Waals surface area contributed by atoms with Crippen LogP contribution in [-0.4, -0.2) is 96.1 Å². The predicted octanol–water partition coefficient (Wildman–Crippen LogP) is 4.14. The van der Waals surface area contributed by atoms with E-state index in [-0.39, 0.29) is 118 Å². The summed E-state index contributed by atoms with van der Waals surface area (Å²) in [6.45, 7) is 15.6. The molecule has 0 saturated heterocycles. The monoisotopic (exact) mass is 791 g/mol. The Bertz CT molecular complexity index is 1370. The van der Waals surface area contributed by atoms with Crippen LogP contribution in [-0.2, 0) is 52.7 Å². The fourth-order valence-electron chi connectivity index (χ4n) is 5.35. The first-order valence-electron chi connectivity index (χ1n) is 19.1. The van der Waals surface area contributed by atoms with Crippen LogP contribution in [0, 0.1) is 11.8 Å². The molecule has 3 amide bonds. The van der Waals surface area contributed by atoms with Crippen molar-refractivity contribution < 1.29 is 52.7 Å². The summed E-state index contributed by atoms with van der Waals surface area (Å²) in [5.74, 6) is -3.90. The third-order valence-electron chi connectivity index (χ3n) is 8.21. The van der Waals surface area contributed by atoms with Crippen LogP contribution < -0.4 is 16.0 Å². The first-order valence-corrected chi connectivity index (χ1v) is 21.0. The van der Waals surface area contributed by atoms with Crippen LogP contribution in [0.2, 0.25) is 0 Å². The Balaban J connectivity index is 5.55. The Morgan fingerprint density at radius 1 is 0.564 bits per heavy atom. The van der Waals surface area contributed by atoms with Gasteiger partial charge in [0.2, 0.25) is 17.7 Å². The zero-order chi connectivity index (χ0) is 42.5. The number of rotatable bonds is 29. The molecule has 0 aromatic heterocycles. The van der Waals surface area contributed by atoms with Crippen LogP contribution in [0.5, 0.6) is 0 Å². The maximum absolute atomic E-state index is 13.3. The molecule has 4 unspecified atom stereocenters. The van der Waals surface area contributed by atoms with Gasteiger partial charge in [0.05, 0.1) is 24.5 Å². The largest absolute Gasteiger partial charge is 0.460 e. The molecule has 0 saturated carbocycles. The highest BCUT2D eigenvalue weighted by molar-refractivity contribution is 7.94. The Morgan fingerprint density at radius 2 is 0.964 bits per heavy atom. The molecule has 308 valence electrons. The van der Waals surface area contributed by atoms with E-state index in [1.165, 1.54) is 6.92 Å². The van der Waals surface area contributed by atoms with Gasteiger partial charge in [-0.1, -0.05) is 35.5 Å². The van der Waals surface area contributed by atoms with Gasteiger partial charge < -0.3 is 25.5 Å². The zero-order valence-electron chi connectivity index (χ0n) is 34.3. The molecule has 0 fully saturated rings. The average Bonchev–Trinajstić information content (AvgIpc) is 3.06. The van der Waals surface area contributed by atoms with Crippen molar-refractivity contribution in [2.45, 2.75) is 169 Å². The van der Waals surface area contributed by atoms with E-state index < -0.39 is 61.0 Å². The van der Waals surface area contributed by atoms with E-state index in [9.17, 15) is 47.9 Å². The SMILES string of the molecule is [B]P(C)C(=O)CCC(=O)C(CC(C)C)NC(=O)CCC(=O)CCC(NC(=O)CCC(=O)OC(C)(C)C)C(=O)CCC(=O)NC(CC(C)C)C(=O)CCC(C)=O. The van der Waals surface area contributed by atoms with Gasteiger partial charge in [0.1, 0.15) is 30.3 Å². The van der Waals surface area contributed by atoms with Gasteiger partial charge in [-0.05, 0) is 65.5 Å². The quantitative estimate of drug-likeness (QED) is 0.0556. The van der Waals surface area contributed by atoms with E-state index in [1.807, 2.05) is 27.7 Å². The van der Waals surface area contributed by atoms with Crippen molar-refractivity contribution in [3.63, 3.8) is 0 Å². The normalized spacial score (nSPS) is 13.6. The molecule has 3 N–H and O–H groups in total. The Labute approximate surface area is 329 Å². The molecule has 0 aromatic carbocycles. The van der Waals surface area contributed by atoms with Crippen molar-refractivity contribution in [3.05, 3.63) is 0 Å². The molecule has 0 aromatic rings. The van der Waals surface area contributed by atoms with Crippen molar-refractivity contribution >= 4 is 73.5 Å². The average molecular weight is 792 g/mol. The molecule has 0 aliphatic heterocycles.